The third-order valence-electron chi connectivity index (χ3n) is 7.88. The van der Waals surface area contributed by atoms with Crippen LogP contribution < -0.4 is 10.2 Å². The van der Waals surface area contributed by atoms with Gasteiger partial charge in [-0.05, 0) is 73.1 Å². The number of nitrogens with zero attached hydrogens (tertiary/aromatic N) is 4. The minimum atomic E-state index is -0.564. The zero-order chi connectivity index (χ0) is 25.4. The van der Waals surface area contributed by atoms with Crippen LogP contribution in [0.2, 0.25) is 0 Å². The Kier molecular flexibility index (Phi) is 6.65. The van der Waals surface area contributed by atoms with Crippen molar-refractivity contribution in [2.75, 3.05) is 37.6 Å². The molecule has 3 amide bonds. The molecule has 6 rings (SSSR count). The number of aryl methyl sites for hydroxylation is 1. The summed E-state index contributed by atoms with van der Waals surface area (Å²) in [7, 11) is 0. The van der Waals surface area contributed by atoms with Gasteiger partial charge in [-0.15, -0.1) is 0 Å². The Bertz CT molecular complexity index is 1350. The number of piperazine rings is 1. The molecule has 1 N–H and O–H groups in total. The van der Waals surface area contributed by atoms with E-state index in [9.17, 15) is 14.4 Å². The van der Waals surface area contributed by atoms with E-state index in [-0.39, 0.29) is 24.1 Å². The molecule has 3 aromatic rings. The van der Waals surface area contributed by atoms with Crippen LogP contribution in [0.5, 0.6) is 0 Å². The largest absolute Gasteiger partial charge is 0.353 e. The molecule has 2 saturated heterocycles. The number of fused-ring (bicyclic) bond motifs is 2. The lowest BCUT2D eigenvalue weighted by atomic mass is 9.98. The Balaban J connectivity index is 0.998. The Morgan fingerprint density at radius 2 is 1.81 bits per heavy atom. The van der Waals surface area contributed by atoms with Gasteiger partial charge in [0.1, 0.15) is 11.9 Å². The van der Waals surface area contributed by atoms with Gasteiger partial charge in [0.15, 0.2) is 0 Å². The molecule has 2 fully saturated rings. The molecular weight excluding hydrogens is 486 g/mol. The highest BCUT2D eigenvalue weighted by atomic mass is 32.1. The van der Waals surface area contributed by atoms with Gasteiger partial charge in [0.25, 0.3) is 5.91 Å². The first-order valence-corrected chi connectivity index (χ1v) is 13.9. The van der Waals surface area contributed by atoms with Gasteiger partial charge in [-0.3, -0.25) is 24.6 Å². The average Bonchev–Trinajstić information content (AvgIpc) is 3.49. The van der Waals surface area contributed by atoms with Crippen LogP contribution in [0.1, 0.15) is 47.2 Å². The maximum Gasteiger partial charge on any atom is 0.255 e. The molecule has 0 spiro atoms. The number of benzene rings is 2. The molecular formula is C28H31N5O3S. The lowest BCUT2D eigenvalue weighted by Crippen LogP contribution is -2.52. The van der Waals surface area contributed by atoms with Crippen molar-refractivity contribution in [2.24, 2.45) is 0 Å². The predicted molar refractivity (Wildman–Crippen MR) is 144 cm³/mol. The van der Waals surface area contributed by atoms with Crippen LogP contribution in [0.4, 0.5) is 5.82 Å². The van der Waals surface area contributed by atoms with E-state index in [2.05, 4.69) is 45.4 Å². The average molecular weight is 518 g/mol. The fourth-order valence-corrected chi connectivity index (χ4v) is 6.61. The van der Waals surface area contributed by atoms with Crippen LogP contribution in [0.3, 0.4) is 0 Å². The third-order valence-corrected chi connectivity index (χ3v) is 8.70. The number of nitrogens with one attached hydrogen (secondary N) is 1. The second-order valence-electron chi connectivity index (χ2n) is 10.1. The number of carbonyl (C=O) groups is 3. The third kappa shape index (κ3) is 4.73. The second kappa shape index (κ2) is 10.2. The molecule has 9 heteroatoms. The summed E-state index contributed by atoms with van der Waals surface area (Å²) >= 11 is 1.58. The molecule has 3 aliphatic rings. The van der Waals surface area contributed by atoms with Crippen molar-refractivity contribution in [3.63, 3.8) is 0 Å². The van der Waals surface area contributed by atoms with Crippen LogP contribution >= 0.6 is 11.5 Å². The Labute approximate surface area is 220 Å². The monoisotopic (exact) mass is 517 g/mol. The summed E-state index contributed by atoms with van der Waals surface area (Å²) in [6.45, 7) is 5.60. The van der Waals surface area contributed by atoms with Crippen LogP contribution in [0.15, 0.2) is 42.5 Å². The van der Waals surface area contributed by atoms with Crippen molar-refractivity contribution in [3.8, 4) is 0 Å². The number of anilines is 1. The van der Waals surface area contributed by atoms with Gasteiger partial charge < -0.3 is 9.80 Å². The molecule has 8 nitrogen and oxygen atoms in total. The molecule has 1 atom stereocenters. The summed E-state index contributed by atoms with van der Waals surface area (Å²) in [4.78, 5) is 43.5. The van der Waals surface area contributed by atoms with Crippen LogP contribution in [-0.4, -0.2) is 70.7 Å². The fourth-order valence-electron chi connectivity index (χ4n) is 5.82. The Morgan fingerprint density at radius 1 is 0.973 bits per heavy atom. The number of carbonyl (C=O) groups excluding carboxylic acids is 3. The first-order valence-electron chi connectivity index (χ1n) is 13.2. The maximum atomic E-state index is 13.0. The van der Waals surface area contributed by atoms with E-state index in [1.165, 1.54) is 15.6 Å². The van der Waals surface area contributed by atoms with E-state index in [1.807, 2.05) is 12.1 Å². The minimum absolute atomic E-state index is 0.0999. The number of aromatic nitrogens is 1. The molecule has 192 valence electrons. The normalized spacial score (nSPS) is 20.5. The molecule has 0 saturated carbocycles. The minimum Gasteiger partial charge on any atom is -0.353 e. The van der Waals surface area contributed by atoms with E-state index in [0.717, 1.165) is 63.4 Å². The Hall–Kier alpha value is -3.30. The molecule has 1 aromatic heterocycles. The fraction of sp³-hybridized carbons (Fsp3) is 0.429. The lowest BCUT2D eigenvalue weighted by Gasteiger charge is -2.35. The first kappa shape index (κ1) is 24.1. The van der Waals surface area contributed by atoms with Crippen molar-refractivity contribution < 1.29 is 14.4 Å². The number of hydrogen-bond donors (Lipinski definition) is 1. The Morgan fingerprint density at radius 3 is 2.65 bits per heavy atom. The molecule has 2 aromatic carbocycles. The van der Waals surface area contributed by atoms with E-state index in [0.29, 0.717) is 18.5 Å². The van der Waals surface area contributed by atoms with Gasteiger partial charge in [-0.1, -0.05) is 24.3 Å². The van der Waals surface area contributed by atoms with Gasteiger partial charge >= 0.3 is 0 Å². The summed E-state index contributed by atoms with van der Waals surface area (Å²) in [5.41, 5.74) is 2.94. The summed E-state index contributed by atoms with van der Waals surface area (Å²) in [5, 5.41) is 3.63. The SMILES string of the molecule is O=C1CCC(N2Cc3c(CCCCN4CCN(c5nsc6ccccc56)CC4)cccc3C2=O)C(=O)N1. The smallest absolute Gasteiger partial charge is 0.255 e. The zero-order valence-electron chi connectivity index (χ0n) is 20.8. The molecule has 3 aliphatic heterocycles. The van der Waals surface area contributed by atoms with E-state index >= 15 is 0 Å². The van der Waals surface area contributed by atoms with Gasteiger partial charge in [0.2, 0.25) is 11.8 Å². The van der Waals surface area contributed by atoms with Crippen molar-refractivity contribution in [1.82, 2.24) is 19.5 Å². The molecule has 0 radical (unpaired) electrons. The van der Waals surface area contributed by atoms with Crippen molar-refractivity contribution >= 4 is 45.2 Å². The maximum absolute atomic E-state index is 13.0. The van der Waals surface area contributed by atoms with E-state index in [4.69, 9.17) is 4.37 Å². The van der Waals surface area contributed by atoms with Crippen LogP contribution in [-0.2, 0) is 22.6 Å². The second-order valence-corrected chi connectivity index (χ2v) is 10.9. The van der Waals surface area contributed by atoms with E-state index < -0.39 is 6.04 Å². The molecule has 1 unspecified atom stereocenters. The summed E-state index contributed by atoms with van der Waals surface area (Å²) in [6, 6.07) is 13.8. The zero-order valence-corrected chi connectivity index (χ0v) is 21.6. The number of amides is 3. The summed E-state index contributed by atoms with van der Waals surface area (Å²) in [6.07, 6.45) is 3.75. The molecule has 0 bridgehead atoms. The van der Waals surface area contributed by atoms with E-state index in [1.54, 1.807) is 16.4 Å². The van der Waals surface area contributed by atoms with Gasteiger partial charge in [-0.2, -0.15) is 4.37 Å². The standard InChI is InChI=1S/C28H31N5O3S/c34-25-12-11-23(27(35)29-25)33-18-22-19(7-5-9-20(22)28(33)36)6-3-4-13-31-14-16-32(17-15-31)26-21-8-1-2-10-24(21)37-30-26/h1-2,5,7-10,23H,3-4,6,11-18H2,(H,29,34,35). The number of imide groups is 1. The molecule has 4 heterocycles. The summed E-state index contributed by atoms with van der Waals surface area (Å²) < 4.78 is 5.96. The number of hydrogen-bond acceptors (Lipinski definition) is 7. The first-order chi connectivity index (χ1) is 18.1. The van der Waals surface area contributed by atoms with Gasteiger partial charge in [0.05, 0.1) is 4.70 Å². The highest BCUT2D eigenvalue weighted by Crippen LogP contribution is 2.31. The highest BCUT2D eigenvalue weighted by Gasteiger charge is 2.39. The van der Waals surface area contributed by atoms with Crippen molar-refractivity contribution in [1.29, 1.82) is 0 Å². The van der Waals surface area contributed by atoms with Crippen molar-refractivity contribution in [3.05, 3.63) is 59.2 Å². The highest BCUT2D eigenvalue weighted by molar-refractivity contribution is 7.13. The summed E-state index contributed by atoms with van der Waals surface area (Å²) in [5.74, 6) is 0.405. The topological polar surface area (TPSA) is 85.9 Å². The van der Waals surface area contributed by atoms with Crippen molar-refractivity contribution in [2.45, 2.75) is 44.7 Å². The van der Waals surface area contributed by atoms with Gasteiger partial charge in [-0.25, -0.2) is 0 Å². The number of unbranched alkanes of at least 4 members (excludes halogenated alkanes) is 1. The molecule has 0 aliphatic carbocycles. The predicted octanol–water partition coefficient (Wildman–Crippen LogP) is 3.20. The number of rotatable bonds is 7. The quantitative estimate of drug-likeness (QED) is 0.383. The van der Waals surface area contributed by atoms with Crippen LogP contribution in [0, 0.1) is 0 Å². The number of piperidine rings is 1. The molecule has 37 heavy (non-hydrogen) atoms. The van der Waals surface area contributed by atoms with Gasteiger partial charge in [0, 0.05) is 50.1 Å². The van der Waals surface area contributed by atoms with Crippen LogP contribution in [0.25, 0.3) is 10.1 Å². The lowest BCUT2D eigenvalue weighted by molar-refractivity contribution is -0.136.